The summed E-state index contributed by atoms with van der Waals surface area (Å²) in [5.41, 5.74) is -2.54. The van der Waals surface area contributed by atoms with Crippen LogP contribution in [-0.2, 0) is 4.74 Å². The van der Waals surface area contributed by atoms with E-state index in [9.17, 15) is 35.1 Å². The Morgan fingerprint density at radius 2 is 1.52 bits per heavy atom. The first-order valence-electron chi connectivity index (χ1n) is 8.87. The summed E-state index contributed by atoms with van der Waals surface area (Å²) in [6.45, 7) is 0. The van der Waals surface area contributed by atoms with Crippen molar-refractivity contribution in [2.45, 2.75) is 24.8 Å². The summed E-state index contributed by atoms with van der Waals surface area (Å²) in [6.07, 6.45) is -6.67. The molecule has 31 heavy (non-hydrogen) atoms. The molecule has 0 radical (unpaired) electrons. The lowest BCUT2D eigenvalue weighted by molar-refractivity contribution is -0.171. The summed E-state index contributed by atoms with van der Waals surface area (Å²) in [4.78, 5) is 25.2. The zero-order valence-corrected chi connectivity index (χ0v) is 15.6. The highest BCUT2D eigenvalue weighted by Crippen LogP contribution is 2.45. The molecule has 4 atom stereocenters. The van der Waals surface area contributed by atoms with Crippen LogP contribution < -0.4 is 20.7 Å². The van der Waals surface area contributed by atoms with Crippen LogP contribution in [0.3, 0.4) is 0 Å². The molecule has 1 fully saturated rings. The maximum Gasteiger partial charge on any atom is 0.344 e. The summed E-state index contributed by atoms with van der Waals surface area (Å²) < 4.78 is 25.7. The first-order valence-corrected chi connectivity index (χ1v) is 8.87. The number of aromatic hydroxyl groups is 2. The van der Waals surface area contributed by atoms with Crippen molar-refractivity contribution < 1.29 is 48.6 Å². The van der Waals surface area contributed by atoms with Crippen LogP contribution in [0.25, 0.3) is 32.7 Å². The molecule has 0 aliphatic carbocycles. The number of aliphatic hydroxyl groups excluding tert-OH is 3. The van der Waals surface area contributed by atoms with E-state index in [1.165, 1.54) is 7.11 Å². The smallest absolute Gasteiger partial charge is 0.344 e. The molecular formula is C19H14O12. The zero-order valence-electron chi connectivity index (χ0n) is 15.6. The lowest BCUT2D eigenvalue weighted by Crippen LogP contribution is -2.34. The molecule has 0 amide bonds. The number of ether oxygens (including phenoxy) is 3. The van der Waals surface area contributed by atoms with Gasteiger partial charge in [0.1, 0.15) is 12.2 Å². The molecule has 5 N–H and O–H groups in total. The van der Waals surface area contributed by atoms with Crippen LogP contribution in [0.15, 0.2) is 30.6 Å². The lowest BCUT2D eigenvalue weighted by Gasteiger charge is -2.18. The van der Waals surface area contributed by atoms with Crippen molar-refractivity contribution in [3.8, 4) is 23.0 Å². The van der Waals surface area contributed by atoms with Gasteiger partial charge in [-0.1, -0.05) is 0 Å². The second-order valence-corrected chi connectivity index (χ2v) is 6.93. The van der Waals surface area contributed by atoms with Crippen molar-refractivity contribution in [2.24, 2.45) is 0 Å². The van der Waals surface area contributed by atoms with E-state index in [4.69, 9.17) is 23.0 Å². The third-order valence-corrected chi connectivity index (χ3v) is 5.16. The second kappa shape index (κ2) is 6.46. The van der Waals surface area contributed by atoms with Crippen molar-refractivity contribution in [3.05, 3.63) is 33.0 Å². The Labute approximate surface area is 170 Å². The molecule has 12 heteroatoms. The SMILES string of the molecule is COc1c(O)cc2c(=O)oc3c(O)c(OC4OC(O)C(O)C4O)cc4c(=O)oc1c2c34. The van der Waals surface area contributed by atoms with Crippen molar-refractivity contribution in [1.29, 1.82) is 0 Å². The van der Waals surface area contributed by atoms with E-state index >= 15 is 0 Å². The molecule has 2 aromatic carbocycles. The van der Waals surface area contributed by atoms with Gasteiger partial charge in [-0.05, 0) is 12.1 Å². The van der Waals surface area contributed by atoms with Crippen molar-refractivity contribution in [2.75, 3.05) is 7.11 Å². The number of rotatable bonds is 3. The van der Waals surface area contributed by atoms with Crippen molar-refractivity contribution in [3.63, 3.8) is 0 Å². The maximum atomic E-state index is 12.7. The normalized spacial score (nSPS) is 23.9. The van der Waals surface area contributed by atoms with Gasteiger partial charge in [0.25, 0.3) is 0 Å². The van der Waals surface area contributed by atoms with Gasteiger partial charge in [0.2, 0.25) is 17.8 Å². The fourth-order valence-corrected chi connectivity index (χ4v) is 3.70. The van der Waals surface area contributed by atoms with Gasteiger partial charge in [0.05, 0.1) is 17.9 Å². The lowest BCUT2D eigenvalue weighted by atomic mass is 10.0. The van der Waals surface area contributed by atoms with E-state index < -0.39 is 58.9 Å². The van der Waals surface area contributed by atoms with Crippen molar-refractivity contribution >= 4 is 32.7 Å². The van der Waals surface area contributed by atoms with E-state index in [1.54, 1.807) is 0 Å². The summed E-state index contributed by atoms with van der Waals surface area (Å²) in [7, 11) is 1.23. The first-order chi connectivity index (χ1) is 14.7. The van der Waals surface area contributed by atoms with E-state index in [2.05, 4.69) is 0 Å². The molecule has 2 aromatic heterocycles. The van der Waals surface area contributed by atoms with Gasteiger partial charge in [-0.3, -0.25) is 0 Å². The van der Waals surface area contributed by atoms with Crippen LogP contribution in [-0.4, -0.2) is 57.4 Å². The Kier molecular flexibility index (Phi) is 4.04. The number of phenols is 2. The predicted molar refractivity (Wildman–Crippen MR) is 101 cm³/mol. The molecule has 162 valence electrons. The van der Waals surface area contributed by atoms with E-state index in [-0.39, 0.29) is 32.9 Å². The van der Waals surface area contributed by atoms with Gasteiger partial charge in [-0.15, -0.1) is 0 Å². The minimum absolute atomic E-state index is 0.0111. The Balaban J connectivity index is 1.83. The number of benzene rings is 2. The van der Waals surface area contributed by atoms with E-state index in [1.807, 2.05) is 0 Å². The van der Waals surface area contributed by atoms with E-state index in [0.717, 1.165) is 12.1 Å². The molecule has 1 saturated heterocycles. The Morgan fingerprint density at radius 1 is 0.903 bits per heavy atom. The Bertz CT molecular complexity index is 1450. The highest BCUT2D eigenvalue weighted by atomic mass is 16.8. The molecule has 0 bridgehead atoms. The minimum Gasteiger partial charge on any atom is -0.504 e. The average molecular weight is 434 g/mol. The molecule has 0 saturated carbocycles. The Morgan fingerprint density at radius 3 is 2.13 bits per heavy atom. The third kappa shape index (κ3) is 2.56. The van der Waals surface area contributed by atoms with Gasteiger partial charge in [-0.25, -0.2) is 9.59 Å². The molecule has 0 spiro atoms. The number of methoxy groups -OCH3 is 1. The highest BCUT2D eigenvalue weighted by Gasteiger charge is 2.44. The van der Waals surface area contributed by atoms with Crippen LogP contribution in [0.4, 0.5) is 0 Å². The summed E-state index contributed by atoms with van der Waals surface area (Å²) >= 11 is 0. The van der Waals surface area contributed by atoms with Crippen LogP contribution in [0.2, 0.25) is 0 Å². The van der Waals surface area contributed by atoms with Gasteiger partial charge in [0.15, 0.2) is 29.0 Å². The third-order valence-electron chi connectivity index (χ3n) is 5.16. The van der Waals surface area contributed by atoms with Crippen LogP contribution in [0.5, 0.6) is 23.0 Å². The van der Waals surface area contributed by atoms with Gasteiger partial charge in [0, 0.05) is 10.8 Å². The van der Waals surface area contributed by atoms with Crippen molar-refractivity contribution in [1.82, 2.24) is 0 Å². The monoisotopic (exact) mass is 434 g/mol. The van der Waals surface area contributed by atoms with Gasteiger partial charge < -0.3 is 48.6 Å². The highest BCUT2D eigenvalue weighted by molar-refractivity contribution is 6.22. The van der Waals surface area contributed by atoms with Crippen LogP contribution in [0.1, 0.15) is 0 Å². The Hall–Kier alpha value is -3.58. The standard InChI is InChI=1S/C19H14O12/c1-27-13-6(20)2-4-9-8-5(17(25)30-15(9)13)3-7(10(21)14(8)29-16(4)24)28-19-12(23)11(22)18(26)31-19/h2-3,11-12,18-23,26H,1H3. The average Bonchev–Trinajstić information content (AvgIpc) is 2.96. The number of hydrogen-bond acceptors (Lipinski definition) is 12. The maximum absolute atomic E-state index is 12.7. The van der Waals surface area contributed by atoms with Gasteiger partial charge >= 0.3 is 11.3 Å². The summed E-state index contributed by atoms with van der Waals surface area (Å²) in [5, 5.41) is 49.6. The van der Waals surface area contributed by atoms with Crippen LogP contribution in [0, 0.1) is 0 Å². The molecular weight excluding hydrogens is 420 g/mol. The molecule has 1 aliphatic rings. The zero-order chi connectivity index (χ0) is 22.2. The minimum atomic E-state index is -1.74. The molecule has 4 aromatic rings. The first kappa shape index (κ1) is 19.4. The molecule has 1 aliphatic heterocycles. The van der Waals surface area contributed by atoms with Gasteiger partial charge in [-0.2, -0.15) is 0 Å². The largest absolute Gasteiger partial charge is 0.504 e. The summed E-state index contributed by atoms with van der Waals surface area (Å²) in [6, 6.07) is 2.15. The molecule has 3 heterocycles. The quantitative estimate of drug-likeness (QED) is 0.209. The fourth-order valence-electron chi connectivity index (χ4n) is 3.70. The fraction of sp³-hybridized carbons (Fsp3) is 0.263. The summed E-state index contributed by atoms with van der Waals surface area (Å²) in [5.74, 6) is -1.80. The predicted octanol–water partition coefficient (Wildman–Crippen LogP) is -0.315. The number of phenolic OH excluding ortho intramolecular Hbond substituents is 2. The number of aliphatic hydroxyl groups is 3. The molecule has 4 unspecified atom stereocenters. The van der Waals surface area contributed by atoms with E-state index in [0.29, 0.717) is 0 Å². The molecule has 12 nitrogen and oxygen atoms in total. The second-order valence-electron chi connectivity index (χ2n) is 6.93. The molecule has 5 rings (SSSR count). The van der Waals surface area contributed by atoms with Crippen LogP contribution >= 0.6 is 0 Å². The number of hydrogen-bond donors (Lipinski definition) is 5. The topological polar surface area (TPSA) is 189 Å².